The predicted molar refractivity (Wildman–Crippen MR) is 151 cm³/mol. The highest BCUT2D eigenvalue weighted by Gasteiger charge is 2.54. The SMILES string of the molecule is CC(C)(C)OC(=O)NCCC[C@@]1(c2ccccc2)SC(c2cc(F)ccc2F)=NN1C(=O)[N+]1(I)C=CN=C1. The van der Waals surface area contributed by atoms with E-state index in [1.165, 1.54) is 29.3 Å². The first-order valence-electron chi connectivity index (χ1n) is 11.8. The monoisotopic (exact) mass is 654 g/mol. The van der Waals surface area contributed by atoms with Crippen LogP contribution in [-0.4, -0.2) is 43.4 Å². The van der Waals surface area contributed by atoms with Gasteiger partial charge in [-0.25, -0.2) is 23.4 Å². The maximum absolute atomic E-state index is 14.8. The molecule has 2 aliphatic rings. The summed E-state index contributed by atoms with van der Waals surface area (Å²) in [6, 6.07) is 12.0. The average Bonchev–Trinajstić information content (AvgIpc) is 3.48. The molecule has 0 aromatic heterocycles. The highest BCUT2D eigenvalue weighted by atomic mass is 127. The molecule has 4 rings (SSSR count). The lowest BCUT2D eigenvalue weighted by Crippen LogP contribution is -2.51. The smallest absolute Gasteiger partial charge is 0.444 e. The van der Waals surface area contributed by atoms with Crippen LogP contribution in [0.15, 0.2) is 71.0 Å². The summed E-state index contributed by atoms with van der Waals surface area (Å²) in [5.74, 6) is -1.27. The Hall–Kier alpha value is -2.84. The van der Waals surface area contributed by atoms with Crippen LogP contribution in [0.1, 0.15) is 44.7 Å². The number of alkyl carbamates (subject to hydrolysis) is 1. The molecule has 0 aliphatic carbocycles. The second-order valence-electron chi connectivity index (χ2n) is 9.66. The summed E-state index contributed by atoms with van der Waals surface area (Å²) < 4.78 is 34.0. The second kappa shape index (κ2) is 11.1. The molecular formula is C26H27F2IN5O3S+. The molecule has 2 heterocycles. The number of amides is 3. The lowest BCUT2D eigenvalue weighted by atomic mass is 10.0. The fraction of sp³-hybridized carbons (Fsp3) is 0.308. The first-order chi connectivity index (χ1) is 17.9. The van der Waals surface area contributed by atoms with Crippen LogP contribution in [0.3, 0.4) is 0 Å². The fourth-order valence-electron chi connectivity index (χ4n) is 3.94. The topological polar surface area (TPSA) is 83.4 Å². The Bertz CT molecular complexity index is 1300. The molecule has 2 aromatic carbocycles. The average molecular weight is 655 g/mol. The molecule has 1 unspecified atom stereocenters. The molecule has 2 aromatic rings. The van der Waals surface area contributed by atoms with Crippen LogP contribution in [0.5, 0.6) is 0 Å². The zero-order chi connectivity index (χ0) is 27.6. The van der Waals surface area contributed by atoms with Gasteiger partial charge in [-0.15, -0.1) is 2.70 Å². The van der Waals surface area contributed by atoms with E-state index in [0.29, 0.717) is 12.8 Å². The minimum absolute atomic E-state index is 0.0388. The van der Waals surface area contributed by atoms with E-state index in [1.807, 2.05) is 53.2 Å². The molecule has 0 bridgehead atoms. The molecule has 0 saturated carbocycles. The largest absolute Gasteiger partial charge is 0.459 e. The maximum atomic E-state index is 14.8. The van der Waals surface area contributed by atoms with Crippen molar-refractivity contribution in [1.82, 2.24) is 10.3 Å². The Morgan fingerprint density at radius 2 is 1.92 bits per heavy atom. The molecule has 2 aliphatic heterocycles. The van der Waals surface area contributed by atoms with E-state index in [1.54, 1.807) is 27.0 Å². The number of rotatable bonds is 6. The van der Waals surface area contributed by atoms with Crippen molar-refractivity contribution in [3.8, 4) is 0 Å². The number of hydrogen-bond donors (Lipinski definition) is 1. The third-order valence-corrected chi connectivity index (χ3v) is 8.05. The lowest BCUT2D eigenvalue weighted by Gasteiger charge is -2.36. The van der Waals surface area contributed by atoms with Crippen molar-refractivity contribution in [3.63, 3.8) is 0 Å². The van der Waals surface area contributed by atoms with Gasteiger partial charge < -0.3 is 10.1 Å². The van der Waals surface area contributed by atoms with Gasteiger partial charge in [0.05, 0.1) is 6.20 Å². The predicted octanol–water partition coefficient (Wildman–Crippen LogP) is 6.63. The number of benzene rings is 2. The van der Waals surface area contributed by atoms with E-state index in [9.17, 15) is 18.4 Å². The fourth-order valence-corrected chi connectivity index (χ4v) is 5.85. The van der Waals surface area contributed by atoms with Crippen LogP contribution >= 0.6 is 34.6 Å². The summed E-state index contributed by atoms with van der Waals surface area (Å²) in [6.07, 6.45) is 4.80. The third kappa shape index (κ3) is 6.07. The van der Waals surface area contributed by atoms with Crippen molar-refractivity contribution in [3.05, 3.63) is 83.7 Å². The summed E-state index contributed by atoms with van der Waals surface area (Å²) in [5.41, 5.74) is 0.0676. The number of quaternary nitrogens is 1. The van der Waals surface area contributed by atoms with E-state index >= 15 is 0 Å². The van der Waals surface area contributed by atoms with Crippen molar-refractivity contribution in [2.45, 2.75) is 44.1 Å². The quantitative estimate of drug-likeness (QED) is 0.215. The number of thioether (sulfide) groups is 1. The normalized spacial score (nSPS) is 22.5. The Morgan fingerprint density at radius 1 is 1.18 bits per heavy atom. The summed E-state index contributed by atoms with van der Waals surface area (Å²) in [5, 5.41) is 8.81. The van der Waals surface area contributed by atoms with Crippen molar-refractivity contribution >= 4 is 58.1 Å². The zero-order valence-electron chi connectivity index (χ0n) is 21.0. The highest BCUT2D eigenvalue weighted by Crippen LogP contribution is 2.51. The van der Waals surface area contributed by atoms with E-state index in [0.717, 1.165) is 23.8 Å². The van der Waals surface area contributed by atoms with E-state index < -0.39 is 34.2 Å². The Morgan fingerprint density at radius 3 is 2.58 bits per heavy atom. The van der Waals surface area contributed by atoms with E-state index in [4.69, 9.17) is 4.74 Å². The number of ether oxygens (including phenoxy) is 1. The van der Waals surface area contributed by atoms with Crippen LogP contribution < -0.4 is 5.32 Å². The standard InChI is InChI=1S/C26H26F2IN5O3S/c1-25(2,3)37-23(35)31-13-7-12-26(18-8-5-4-6-9-18)33(24(36)34(29)15-14-30-17-34)32-22(38-26)20-16-19(27)10-11-21(20)28/h4-6,8-11,14-17H,7,12-13H2,1-3H3/p+1/t26-,34?/m0/s1. The molecular weight excluding hydrogens is 627 g/mol. The molecule has 200 valence electrons. The van der Waals surface area contributed by atoms with E-state index in [-0.39, 0.29) is 19.8 Å². The van der Waals surface area contributed by atoms with E-state index in [2.05, 4.69) is 15.4 Å². The van der Waals surface area contributed by atoms with Gasteiger partial charge in [-0.3, -0.25) is 0 Å². The molecule has 8 nitrogen and oxygen atoms in total. The second-order valence-corrected chi connectivity index (χ2v) is 12.5. The van der Waals surface area contributed by atoms with Gasteiger partial charge in [-0.05, 0) is 57.4 Å². The summed E-state index contributed by atoms with van der Waals surface area (Å²) in [4.78, 5) is 29.1. The van der Waals surface area contributed by atoms with Crippen molar-refractivity contribution in [2.75, 3.05) is 6.54 Å². The van der Waals surface area contributed by atoms with Crippen LogP contribution in [0.25, 0.3) is 0 Å². The number of nitrogens with one attached hydrogen (secondary N) is 1. The van der Waals surface area contributed by atoms with Crippen LogP contribution in [0.4, 0.5) is 18.4 Å². The van der Waals surface area contributed by atoms with Gasteiger partial charge in [0.2, 0.25) is 6.34 Å². The zero-order valence-corrected chi connectivity index (χ0v) is 24.0. The van der Waals surface area contributed by atoms with Crippen LogP contribution in [0.2, 0.25) is 0 Å². The van der Waals surface area contributed by atoms with Crippen molar-refractivity contribution < 1.29 is 25.8 Å². The number of hydrogen-bond acceptors (Lipinski definition) is 6. The summed E-state index contributed by atoms with van der Waals surface area (Å²) >= 11 is 3.11. The number of carbonyl (C=O) groups is 2. The van der Waals surface area contributed by atoms with Gasteiger partial charge in [-0.1, -0.05) is 42.1 Å². The van der Waals surface area contributed by atoms with Gasteiger partial charge in [0, 0.05) is 12.1 Å². The summed E-state index contributed by atoms with van der Waals surface area (Å²) in [6.45, 7) is 5.60. The Labute approximate surface area is 237 Å². The number of halogens is 3. The van der Waals surface area contributed by atoms with Crippen LogP contribution in [-0.2, 0) is 9.61 Å². The molecule has 3 amide bonds. The minimum Gasteiger partial charge on any atom is -0.444 e. The molecule has 38 heavy (non-hydrogen) atoms. The number of urea groups is 1. The molecule has 0 fully saturated rings. The number of nitrogens with zero attached hydrogens (tertiary/aromatic N) is 4. The molecule has 1 N–H and O–H groups in total. The third-order valence-electron chi connectivity index (χ3n) is 5.62. The number of hydrazone groups is 1. The van der Waals surface area contributed by atoms with Gasteiger partial charge in [0.1, 0.15) is 33.4 Å². The van der Waals surface area contributed by atoms with Gasteiger partial charge in [0.25, 0.3) is 22.9 Å². The Kier molecular flexibility index (Phi) is 8.23. The summed E-state index contributed by atoms with van der Waals surface area (Å²) in [7, 11) is 0. The molecule has 12 heteroatoms. The van der Waals surface area contributed by atoms with Crippen molar-refractivity contribution in [2.24, 2.45) is 10.1 Å². The maximum Gasteiger partial charge on any atom is 0.459 e. The lowest BCUT2D eigenvalue weighted by molar-refractivity contribution is -0.485. The van der Waals surface area contributed by atoms with Gasteiger partial charge in [-0.2, -0.15) is 10.1 Å². The molecule has 0 radical (unpaired) electrons. The first kappa shape index (κ1) is 28.2. The van der Waals surface area contributed by atoms with Gasteiger partial charge >= 0.3 is 12.1 Å². The van der Waals surface area contributed by atoms with Crippen LogP contribution in [0, 0.1) is 11.6 Å². The highest BCUT2D eigenvalue weighted by molar-refractivity contribution is 14.1. The minimum atomic E-state index is -1.11. The van der Waals surface area contributed by atoms with Gasteiger partial charge in [0.15, 0.2) is 0 Å². The molecule has 0 saturated heterocycles. The molecule has 2 atom stereocenters. The number of carbonyl (C=O) groups excluding carboxylic acids is 2. The molecule has 0 spiro atoms. The van der Waals surface area contributed by atoms with Crippen molar-refractivity contribution in [1.29, 1.82) is 0 Å². The first-order valence-corrected chi connectivity index (χ1v) is 13.6. The Balaban J connectivity index is 1.71. The number of aliphatic imine (C=N–C) groups is 1.